The Morgan fingerprint density at radius 2 is 0.552 bits per heavy atom. The first-order valence-electron chi connectivity index (χ1n) is 24.9. The first kappa shape index (κ1) is 63.3. The van der Waals surface area contributed by atoms with Crippen LogP contribution in [0.5, 0.6) is 34.5 Å². The monoisotopic (exact) mass is 1050 g/mol. The number of nitrogens with zero attached hydrogens (tertiary/aromatic N) is 2. The number of hydrogen-bond acceptors (Lipinski definition) is 8. The van der Waals surface area contributed by atoms with Gasteiger partial charge in [0, 0.05) is 45.2 Å². The molecule has 4 rings (SSSR count). The van der Waals surface area contributed by atoms with Gasteiger partial charge in [0.25, 0.3) is 0 Å². The van der Waals surface area contributed by atoms with Crippen LogP contribution in [0.3, 0.4) is 0 Å². The van der Waals surface area contributed by atoms with Crippen LogP contribution >= 0.6 is 0 Å². The molecule has 0 aliphatic rings. The molecule has 0 bridgehead atoms. The van der Waals surface area contributed by atoms with E-state index in [1.54, 1.807) is 24.8 Å². The fourth-order valence-electron chi connectivity index (χ4n) is 6.62. The molecule has 2 aromatic carbocycles. The molecule has 8 nitrogen and oxygen atoms in total. The second-order valence-corrected chi connectivity index (χ2v) is 16.3. The molecular weight excluding hydrogens is 974 g/mol. The summed E-state index contributed by atoms with van der Waals surface area (Å²) in [6, 6.07) is 16.2. The van der Waals surface area contributed by atoms with Crippen LogP contribution < -0.4 is 53.2 Å². The van der Waals surface area contributed by atoms with Gasteiger partial charge in [0.15, 0.2) is 23.0 Å². The fraction of sp³-hybridized carbons (Fsp3) is 0.536. The quantitative estimate of drug-likeness (QED) is 0.0338. The molecule has 11 heteroatoms. The van der Waals surface area contributed by atoms with E-state index < -0.39 is 0 Å². The number of ether oxygens (including phenoxy) is 6. The first-order chi connectivity index (χ1) is 31.6. The molecule has 0 unspecified atom stereocenters. The molecule has 0 aliphatic carbocycles. The zero-order valence-corrected chi connectivity index (χ0v) is 44.7. The van der Waals surface area contributed by atoms with E-state index in [1.807, 2.05) is 24.3 Å². The average molecular weight is 1060 g/mol. The molecule has 4 aromatic rings. The van der Waals surface area contributed by atoms with Crippen LogP contribution in [0.25, 0.3) is 24.3 Å². The number of unbranched alkanes of at least 4 members (excludes halogenated alkanes) is 12. The van der Waals surface area contributed by atoms with Crippen molar-refractivity contribution < 1.29 is 73.7 Å². The summed E-state index contributed by atoms with van der Waals surface area (Å²) in [6.45, 7) is 17.3. The van der Waals surface area contributed by atoms with Crippen molar-refractivity contribution in [3.63, 3.8) is 0 Å². The van der Waals surface area contributed by atoms with Crippen LogP contribution in [0, 0.1) is 0 Å². The minimum absolute atomic E-state index is 0. The number of benzene rings is 2. The molecular formula is C56H82Cl2N2O6Pd-2. The summed E-state index contributed by atoms with van der Waals surface area (Å²) < 4.78 is 37.3. The SMILES string of the molecule is CCCCCOc1cc(/C=C/c2ccncc2)cc(OCCCCC)c1OCCCCC.CCCCCOc1cc(/C=C/c2ccncc2)cc(OCCCCC)c1OCCCCC.[Cl-].[Cl-].[Pd]. The predicted molar refractivity (Wildman–Crippen MR) is 269 cm³/mol. The average Bonchev–Trinajstić information content (AvgIpc) is 3.32. The maximum absolute atomic E-state index is 6.22. The van der Waals surface area contributed by atoms with Gasteiger partial charge in [-0.3, -0.25) is 9.97 Å². The van der Waals surface area contributed by atoms with Crippen LogP contribution in [-0.2, 0) is 20.4 Å². The summed E-state index contributed by atoms with van der Waals surface area (Å²) in [5, 5.41) is 0. The zero-order chi connectivity index (χ0) is 45.7. The summed E-state index contributed by atoms with van der Waals surface area (Å²) >= 11 is 0. The summed E-state index contributed by atoms with van der Waals surface area (Å²) in [6.07, 6.45) is 35.8. The van der Waals surface area contributed by atoms with E-state index in [0.717, 1.165) is 134 Å². The summed E-state index contributed by atoms with van der Waals surface area (Å²) in [5.41, 5.74) is 4.30. The second-order valence-electron chi connectivity index (χ2n) is 16.3. The van der Waals surface area contributed by atoms with E-state index in [9.17, 15) is 0 Å². The van der Waals surface area contributed by atoms with Crippen LogP contribution in [0.4, 0.5) is 0 Å². The van der Waals surface area contributed by atoms with Gasteiger partial charge in [-0.25, -0.2) is 0 Å². The molecule has 0 atom stereocenters. The van der Waals surface area contributed by atoms with Crippen molar-refractivity contribution in [1.82, 2.24) is 9.97 Å². The van der Waals surface area contributed by atoms with E-state index in [2.05, 4.69) is 100 Å². The van der Waals surface area contributed by atoms with Crippen molar-refractivity contribution in [3.05, 3.63) is 95.6 Å². The molecule has 2 heterocycles. The third-order valence-corrected chi connectivity index (χ3v) is 10.4. The zero-order valence-electron chi connectivity index (χ0n) is 41.6. The Kier molecular flexibility index (Phi) is 40.0. The maximum Gasteiger partial charge on any atom is 0.203 e. The molecule has 0 aliphatic heterocycles. The number of aromatic nitrogens is 2. The molecule has 0 radical (unpaired) electrons. The summed E-state index contributed by atoms with van der Waals surface area (Å²) in [7, 11) is 0. The first-order valence-corrected chi connectivity index (χ1v) is 24.9. The third kappa shape index (κ3) is 27.8. The van der Waals surface area contributed by atoms with Crippen molar-refractivity contribution in [2.75, 3.05) is 39.6 Å². The van der Waals surface area contributed by atoms with E-state index in [-0.39, 0.29) is 45.2 Å². The van der Waals surface area contributed by atoms with Gasteiger partial charge in [-0.1, -0.05) is 143 Å². The third-order valence-electron chi connectivity index (χ3n) is 10.4. The molecule has 0 amide bonds. The van der Waals surface area contributed by atoms with E-state index in [1.165, 1.54) is 38.5 Å². The summed E-state index contributed by atoms with van der Waals surface area (Å²) in [4.78, 5) is 8.18. The number of pyridine rings is 2. The van der Waals surface area contributed by atoms with Gasteiger partial charge in [0.1, 0.15) is 0 Å². The predicted octanol–water partition coefficient (Wildman–Crippen LogP) is 9.92. The van der Waals surface area contributed by atoms with Crippen LogP contribution in [0.15, 0.2) is 73.3 Å². The Balaban J connectivity index is 0.00000124. The largest absolute Gasteiger partial charge is 1.00 e. The number of halogens is 2. The van der Waals surface area contributed by atoms with Gasteiger partial charge in [0.2, 0.25) is 11.5 Å². The van der Waals surface area contributed by atoms with Crippen molar-refractivity contribution in [3.8, 4) is 34.5 Å². The standard InChI is InChI=1S/2C28H41NO3.2ClH.Pd/c2*1-4-7-10-19-30-26-22-25(14-13-24-15-17-29-18-16-24)23-27(31-20-11-8-5-2)28(26)32-21-12-9-6-3;;;/h2*13-18,22-23H,4-12,19-21H2,1-3H3;2*1H;/p-2/b2*14-13+;;;. The van der Waals surface area contributed by atoms with Gasteiger partial charge in [0.05, 0.1) is 39.6 Å². The van der Waals surface area contributed by atoms with Gasteiger partial charge in [-0.2, -0.15) is 0 Å². The normalized spacial score (nSPS) is 10.6. The minimum atomic E-state index is 0. The van der Waals surface area contributed by atoms with Crippen LogP contribution in [0.2, 0.25) is 0 Å². The molecule has 0 N–H and O–H groups in total. The fourth-order valence-corrected chi connectivity index (χ4v) is 6.62. The van der Waals surface area contributed by atoms with Crippen molar-refractivity contribution in [1.29, 1.82) is 0 Å². The molecule has 2 aromatic heterocycles. The van der Waals surface area contributed by atoms with Gasteiger partial charge in [-0.15, -0.1) is 0 Å². The van der Waals surface area contributed by atoms with E-state index >= 15 is 0 Å². The van der Waals surface area contributed by atoms with Gasteiger partial charge >= 0.3 is 0 Å². The Morgan fingerprint density at radius 1 is 0.328 bits per heavy atom. The molecule has 378 valence electrons. The molecule has 0 spiro atoms. The van der Waals surface area contributed by atoms with Gasteiger partial charge < -0.3 is 53.2 Å². The van der Waals surface area contributed by atoms with Crippen molar-refractivity contribution >= 4 is 24.3 Å². The molecule has 0 saturated carbocycles. The Labute approximate surface area is 432 Å². The molecule has 67 heavy (non-hydrogen) atoms. The van der Waals surface area contributed by atoms with Crippen LogP contribution in [0.1, 0.15) is 179 Å². The van der Waals surface area contributed by atoms with Crippen molar-refractivity contribution in [2.45, 2.75) is 157 Å². The second kappa shape index (κ2) is 42.4. The Morgan fingerprint density at radius 3 is 0.791 bits per heavy atom. The Hall–Kier alpha value is -3.74. The summed E-state index contributed by atoms with van der Waals surface area (Å²) in [5.74, 6) is 4.60. The van der Waals surface area contributed by atoms with Crippen molar-refractivity contribution in [2.24, 2.45) is 0 Å². The smallest absolute Gasteiger partial charge is 0.203 e. The van der Waals surface area contributed by atoms with Gasteiger partial charge in [-0.05, 0) is 109 Å². The number of rotatable bonds is 34. The number of hydrogen-bond donors (Lipinski definition) is 0. The maximum atomic E-state index is 6.22. The molecule has 0 saturated heterocycles. The topological polar surface area (TPSA) is 81.2 Å². The van der Waals surface area contributed by atoms with Crippen LogP contribution in [-0.4, -0.2) is 49.6 Å². The van der Waals surface area contributed by atoms with E-state index in [0.29, 0.717) is 39.6 Å². The molecule has 0 fully saturated rings. The van der Waals surface area contributed by atoms with E-state index in [4.69, 9.17) is 28.4 Å². The Bertz CT molecular complexity index is 1630. The minimum Gasteiger partial charge on any atom is -1.00 e.